The fraction of sp³-hybridized carbons (Fsp3) is 0.125. The fourth-order valence-electron chi connectivity index (χ4n) is 3.55. The molecule has 0 radical (unpaired) electrons. The van der Waals surface area contributed by atoms with Gasteiger partial charge in [0.25, 0.3) is 11.7 Å². The number of ether oxygens (including phenoxy) is 1. The molecule has 0 fully saturated rings. The van der Waals surface area contributed by atoms with Gasteiger partial charge in [-0.2, -0.15) is 0 Å². The molecule has 0 atom stereocenters. The number of carbonyl (C=O) groups excluding carboxylic acids is 2. The van der Waals surface area contributed by atoms with Gasteiger partial charge in [-0.05, 0) is 48.9 Å². The third-order valence-electron chi connectivity index (χ3n) is 5.11. The minimum absolute atomic E-state index is 0.116. The SMILES string of the molecule is COc1cc(N(Cc2ccc(Cl)cc2)C(=O)C(=O)c2c(C)[nH]c3ccc(F)cc23)ccn1. The molecule has 0 unspecified atom stereocenters. The number of amides is 1. The van der Waals surface area contributed by atoms with Gasteiger partial charge in [-0.3, -0.25) is 9.59 Å². The summed E-state index contributed by atoms with van der Waals surface area (Å²) in [6.07, 6.45) is 1.49. The predicted molar refractivity (Wildman–Crippen MR) is 121 cm³/mol. The first kappa shape index (κ1) is 21.5. The second-order valence-electron chi connectivity index (χ2n) is 7.22. The first-order valence-corrected chi connectivity index (χ1v) is 10.1. The maximum Gasteiger partial charge on any atom is 0.299 e. The molecule has 0 aliphatic rings. The standard InChI is InChI=1S/C24H19ClFN3O3/c1-14-22(19-11-17(26)7-8-20(19)28-14)23(30)24(31)29(13-15-3-5-16(25)6-4-15)18-9-10-27-21(12-18)32-2/h3-12,28H,13H2,1-2H3. The number of nitrogens with zero attached hydrogens (tertiary/aromatic N) is 2. The molecule has 4 rings (SSSR count). The first-order valence-electron chi connectivity index (χ1n) is 9.76. The van der Waals surface area contributed by atoms with Crippen molar-refractivity contribution in [2.75, 3.05) is 12.0 Å². The van der Waals surface area contributed by atoms with Crippen LogP contribution in [0.4, 0.5) is 10.1 Å². The molecule has 0 spiro atoms. The number of H-pyrrole nitrogens is 1. The van der Waals surface area contributed by atoms with E-state index in [4.69, 9.17) is 16.3 Å². The zero-order chi connectivity index (χ0) is 22.8. The van der Waals surface area contributed by atoms with E-state index in [1.54, 1.807) is 43.3 Å². The first-order chi connectivity index (χ1) is 15.4. The zero-order valence-electron chi connectivity index (χ0n) is 17.4. The Hall–Kier alpha value is -3.71. The quantitative estimate of drug-likeness (QED) is 0.327. The lowest BCUT2D eigenvalue weighted by Gasteiger charge is -2.22. The van der Waals surface area contributed by atoms with E-state index in [1.165, 1.54) is 36.4 Å². The molecule has 2 aromatic heterocycles. The minimum atomic E-state index is -0.763. The number of hydrogen-bond acceptors (Lipinski definition) is 4. The molecule has 6 nitrogen and oxygen atoms in total. The van der Waals surface area contributed by atoms with Crippen LogP contribution in [-0.2, 0) is 11.3 Å². The van der Waals surface area contributed by atoms with Gasteiger partial charge in [-0.1, -0.05) is 23.7 Å². The number of aromatic amines is 1. The van der Waals surface area contributed by atoms with Crippen molar-refractivity contribution in [3.05, 3.63) is 88.5 Å². The number of methoxy groups -OCH3 is 1. The van der Waals surface area contributed by atoms with Gasteiger partial charge in [-0.15, -0.1) is 0 Å². The number of anilines is 1. The van der Waals surface area contributed by atoms with E-state index in [2.05, 4.69) is 9.97 Å². The highest BCUT2D eigenvalue weighted by Gasteiger charge is 2.29. The number of nitrogens with one attached hydrogen (secondary N) is 1. The summed E-state index contributed by atoms with van der Waals surface area (Å²) in [6.45, 7) is 1.79. The number of aromatic nitrogens is 2. The van der Waals surface area contributed by atoms with E-state index in [1.807, 2.05) is 0 Å². The van der Waals surface area contributed by atoms with Crippen LogP contribution in [0.1, 0.15) is 21.6 Å². The molecule has 2 aromatic carbocycles. The van der Waals surface area contributed by atoms with Crippen molar-refractivity contribution in [1.29, 1.82) is 0 Å². The van der Waals surface area contributed by atoms with Crippen LogP contribution in [0.2, 0.25) is 5.02 Å². The molecule has 0 bridgehead atoms. The highest BCUT2D eigenvalue weighted by atomic mass is 35.5. The van der Waals surface area contributed by atoms with Crippen molar-refractivity contribution in [2.24, 2.45) is 0 Å². The zero-order valence-corrected chi connectivity index (χ0v) is 18.1. The summed E-state index contributed by atoms with van der Waals surface area (Å²) in [5.41, 5.74) is 2.42. The van der Waals surface area contributed by atoms with Crippen LogP contribution in [0, 0.1) is 12.7 Å². The van der Waals surface area contributed by atoms with Gasteiger partial charge in [-0.25, -0.2) is 9.37 Å². The van der Waals surface area contributed by atoms with Gasteiger partial charge in [0.1, 0.15) is 5.82 Å². The Kier molecular flexibility index (Phi) is 5.92. The van der Waals surface area contributed by atoms with Crippen molar-refractivity contribution >= 4 is 39.9 Å². The molecule has 0 saturated carbocycles. The molecular formula is C24H19ClFN3O3. The van der Waals surface area contributed by atoms with E-state index in [0.717, 1.165) is 5.56 Å². The molecule has 1 amide bonds. The van der Waals surface area contributed by atoms with Crippen LogP contribution in [-0.4, -0.2) is 28.8 Å². The second kappa shape index (κ2) is 8.80. The fourth-order valence-corrected chi connectivity index (χ4v) is 3.68. The van der Waals surface area contributed by atoms with Crippen LogP contribution < -0.4 is 9.64 Å². The van der Waals surface area contributed by atoms with Crippen LogP contribution in [0.3, 0.4) is 0 Å². The monoisotopic (exact) mass is 451 g/mol. The number of Topliss-reactive ketones (excluding diaryl/α,β-unsaturated/α-hetero) is 1. The summed E-state index contributed by atoms with van der Waals surface area (Å²) in [4.78, 5) is 35.3. The van der Waals surface area contributed by atoms with Gasteiger partial charge in [0, 0.05) is 33.9 Å². The Bertz CT molecular complexity index is 1320. The van der Waals surface area contributed by atoms with E-state index in [9.17, 15) is 14.0 Å². The number of benzene rings is 2. The molecule has 162 valence electrons. The lowest BCUT2D eigenvalue weighted by atomic mass is 10.0. The summed E-state index contributed by atoms with van der Waals surface area (Å²) >= 11 is 5.98. The Morgan fingerprint density at radius 1 is 1.12 bits per heavy atom. The number of aryl methyl sites for hydroxylation is 1. The van der Waals surface area contributed by atoms with E-state index in [0.29, 0.717) is 33.2 Å². The molecular weight excluding hydrogens is 433 g/mol. The molecule has 2 heterocycles. The number of hydrogen-bond donors (Lipinski definition) is 1. The molecule has 1 N–H and O–H groups in total. The third-order valence-corrected chi connectivity index (χ3v) is 5.36. The van der Waals surface area contributed by atoms with Crippen molar-refractivity contribution in [2.45, 2.75) is 13.5 Å². The average molecular weight is 452 g/mol. The van der Waals surface area contributed by atoms with Gasteiger partial charge < -0.3 is 14.6 Å². The van der Waals surface area contributed by atoms with Gasteiger partial charge in [0.2, 0.25) is 5.88 Å². The molecule has 0 aliphatic heterocycles. The summed E-state index contributed by atoms with van der Waals surface area (Å²) in [6, 6.07) is 14.2. The van der Waals surface area contributed by atoms with Gasteiger partial charge in [0.15, 0.2) is 0 Å². The molecule has 0 saturated heterocycles. The number of pyridine rings is 1. The van der Waals surface area contributed by atoms with Gasteiger partial charge >= 0.3 is 0 Å². The second-order valence-corrected chi connectivity index (χ2v) is 7.65. The Morgan fingerprint density at radius 2 is 1.88 bits per heavy atom. The van der Waals surface area contributed by atoms with Crippen molar-refractivity contribution in [3.8, 4) is 5.88 Å². The Morgan fingerprint density at radius 3 is 2.59 bits per heavy atom. The van der Waals surface area contributed by atoms with E-state index < -0.39 is 17.5 Å². The minimum Gasteiger partial charge on any atom is -0.481 e. The number of carbonyl (C=O) groups is 2. The largest absolute Gasteiger partial charge is 0.481 e. The van der Waals surface area contributed by atoms with Crippen LogP contribution in [0.5, 0.6) is 5.88 Å². The predicted octanol–water partition coefficient (Wildman–Crippen LogP) is 5.09. The Balaban J connectivity index is 1.77. The third kappa shape index (κ3) is 4.20. The number of rotatable bonds is 6. The highest BCUT2D eigenvalue weighted by molar-refractivity contribution is 6.49. The Labute approximate surface area is 188 Å². The molecule has 32 heavy (non-hydrogen) atoms. The molecule has 0 aliphatic carbocycles. The lowest BCUT2D eigenvalue weighted by molar-refractivity contribution is -0.114. The van der Waals surface area contributed by atoms with Crippen LogP contribution >= 0.6 is 11.6 Å². The number of halogens is 2. The summed E-state index contributed by atoms with van der Waals surface area (Å²) in [7, 11) is 1.46. The molecule has 4 aromatic rings. The molecule has 8 heteroatoms. The smallest absolute Gasteiger partial charge is 0.299 e. The summed E-state index contributed by atoms with van der Waals surface area (Å²) in [5.74, 6) is -1.70. The van der Waals surface area contributed by atoms with Crippen LogP contribution in [0.15, 0.2) is 60.8 Å². The van der Waals surface area contributed by atoms with E-state index in [-0.39, 0.29) is 12.1 Å². The van der Waals surface area contributed by atoms with Crippen molar-refractivity contribution in [1.82, 2.24) is 9.97 Å². The lowest BCUT2D eigenvalue weighted by Crippen LogP contribution is -2.36. The maximum atomic E-state index is 13.9. The van der Waals surface area contributed by atoms with Gasteiger partial charge in [0.05, 0.1) is 24.9 Å². The topological polar surface area (TPSA) is 75.3 Å². The summed E-state index contributed by atoms with van der Waals surface area (Å²) in [5, 5.41) is 0.921. The number of ketones is 1. The maximum absolute atomic E-state index is 13.9. The average Bonchev–Trinajstić information content (AvgIpc) is 3.12. The van der Waals surface area contributed by atoms with E-state index >= 15 is 0 Å². The summed E-state index contributed by atoms with van der Waals surface area (Å²) < 4.78 is 19.0. The highest BCUT2D eigenvalue weighted by Crippen LogP contribution is 2.27. The normalized spacial score (nSPS) is 10.9. The van der Waals surface area contributed by atoms with Crippen molar-refractivity contribution in [3.63, 3.8) is 0 Å². The van der Waals surface area contributed by atoms with Crippen molar-refractivity contribution < 1.29 is 18.7 Å². The number of fused-ring (bicyclic) bond motifs is 1. The van der Waals surface area contributed by atoms with Crippen LogP contribution in [0.25, 0.3) is 10.9 Å².